The van der Waals surface area contributed by atoms with Crippen molar-refractivity contribution in [2.24, 2.45) is 0 Å². The largest absolute Gasteiger partial charge is 0.493 e. The van der Waals surface area contributed by atoms with E-state index in [2.05, 4.69) is 10.1 Å². The average molecular weight is 374 g/mol. The summed E-state index contributed by atoms with van der Waals surface area (Å²) in [4.78, 5) is 22.1. The lowest BCUT2D eigenvalue weighted by Crippen LogP contribution is -2.23. The van der Waals surface area contributed by atoms with Gasteiger partial charge in [0.25, 0.3) is 5.69 Å². The number of carbonyl (C=O) groups excluding carboxylic acids is 1. The lowest BCUT2D eigenvalue weighted by Gasteiger charge is -2.10. The van der Waals surface area contributed by atoms with Crippen LogP contribution in [-0.2, 0) is 9.53 Å². The van der Waals surface area contributed by atoms with Crippen molar-refractivity contribution < 1.29 is 32.7 Å². The Labute approximate surface area is 148 Å². The summed E-state index contributed by atoms with van der Waals surface area (Å²) in [5.74, 6) is -1.04. The first-order valence-corrected chi connectivity index (χ1v) is 7.73. The van der Waals surface area contributed by atoms with Crippen molar-refractivity contribution in [1.29, 1.82) is 0 Å². The second kappa shape index (κ2) is 11.0. The SMILES string of the molecule is CCOCCCNC(=O)C=Cc1cc(OC)c(OC(F)F)cc1[N+](=O)[O-]. The predicted molar refractivity (Wildman–Crippen MR) is 89.4 cm³/mol. The molecule has 0 radical (unpaired) electrons. The number of nitro groups is 1. The van der Waals surface area contributed by atoms with Crippen molar-refractivity contribution in [3.8, 4) is 11.5 Å². The van der Waals surface area contributed by atoms with Gasteiger partial charge in [0.2, 0.25) is 5.91 Å². The Bertz CT molecular complexity index is 652. The zero-order valence-corrected chi connectivity index (χ0v) is 14.4. The second-order valence-electron chi connectivity index (χ2n) is 4.87. The first-order chi connectivity index (χ1) is 12.4. The highest BCUT2D eigenvalue weighted by molar-refractivity contribution is 5.92. The van der Waals surface area contributed by atoms with Crippen LogP contribution in [0.2, 0.25) is 0 Å². The molecule has 0 atom stereocenters. The molecule has 26 heavy (non-hydrogen) atoms. The molecule has 0 spiro atoms. The maximum Gasteiger partial charge on any atom is 0.387 e. The van der Waals surface area contributed by atoms with E-state index in [1.165, 1.54) is 13.2 Å². The van der Waals surface area contributed by atoms with E-state index in [-0.39, 0.29) is 11.3 Å². The third-order valence-electron chi connectivity index (χ3n) is 3.11. The number of rotatable bonds is 11. The van der Waals surface area contributed by atoms with Gasteiger partial charge in [-0.05, 0) is 25.5 Å². The van der Waals surface area contributed by atoms with Crippen LogP contribution in [0, 0.1) is 10.1 Å². The summed E-state index contributed by atoms with van der Waals surface area (Å²) in [6, 6.07) is 1.97. The molecule has 0 aromatic heterocycles. The molecule has 1 amide bonds. The van der Waals surface area contributed by atoms with Crippen LogP contribution >= 0.6 is 0 Å². The van der Waals surface area contributed by atoms with Crippen LogP contribution in [-0.4, -0.2) is 44.3 Å². The number of alkyl halides is 2. The fraction of sp³-hybridized carbons (Fsp3) is 0.438. The van der Waals surface area contributed by atoms with Gasteiger partial charge in [0.05, 0.1) is 23.7 Å². The molecule has 10 heteroatoms. The fourth-order valence-corrected chi connectivity index (χ4v) is 1.96. The van der Waals surface area contributed by atoms with Gasteiger partial charge < -0.3 is 19.5 Å². The number of nitro benzene ring substituents is 1. The molecular formula is C16H20F2N2O6. The number of hydrogen-bond acceptors (Lipinski definition) is 6. The van der Waals surface area contributed by atoms with Gasteiger partial charge in [-0.3, -0.25) is 14.9 Å². The van der Waals surface area contributed by atoms with Crippen molar-refractivity contribution in [2.45, 2.75) is 20.0 Å². The lowest BCUT2D eigenvalue weighted by molar-refractivity contribution is -0.385. The summed E-state index contributed by atoms with van der Waals surface area (Å²) in [6.07, 6.45) is 2.93. The van der Waals surface area contributed by atoms with Crippen LogP contribution in [0.3, 0.4) is 0 Å². The minimum atomic E-state index is -3.16. The minimum absolute atomic E-state index is 0.0120. The molecule has 0 aliphatic heterocycles. The Morgan fingerprint density at radius 1 is 1.38 bits per heavy atom. The highest BCUT2D eigenvalue weighted by Crippen LogP contribution is 2.36. The normalized spacial score (nSPS) is 11.0. The van der Waals surface area contributed by atoms with E-state index in [4.69, 9.17) is 9.47 Å². The second-order valence-corrected chi connectivity index (χ2v) is 4.87. The molecule has 144 valence electrons. The van der Waals surface area contributed by atoms with E-state index < -0.39 is 28.9 Å². The number of carbonyl (C=O) groups is 1. The Balaban J connectivity index is 2.89. The van der Waals surface area contributed by atoms with E-state index in [1.54, 1.807) is 0 Å². The number of hydrogen-bond donors (Lipinski definition) is 1. The number of benzene rings is 1. The van der Waals surface area contributed by atoms with Gasteiger partial charge in [-0.15, -0.1) is 0 Å². The smallest absolute Gasteiger partial charge is 0.387 e. The van der Waals surface area contributed by atoms with Gasteiger partial charge in [0, 0.05) is 25.8 Å². The number of amides is 1. The fourth-order valence-electron chi connectivity index (χ4n) is 1.96. The van der Waals surface area contributed by atoms with Crippen molar-refractivity contribution >= 4 is 17.7 Å². The van der Waals surface area contributed by atoms with Crippen molar-refractivity contribution in [2.75, 3.05) is 26.9 Å². The van der Waals surface area contributed by atoms with Crippen LogP contribution in [0.15, 0.2) is 18.2 Å². The number of ether oxygens (including phenoxy) is 3. The molecule has 0 saturated carbocycles. The van der Waals surface area contributed by atoms with E-state index in [9.17, 15) is 23.7 Å². The van der Waals surface area contributed by atoms with Crippen LogP contribution in [0.25, 0.3) is 6.08 Å². The number of nitrogens with zero attached hydrogens (tertiary/aromatic N) is 1. The number of methoxy groups -OCH3 is 1. The molecule has 0 fully saturated rings. The topological polar surface area (TPSA) is 99.9 Å². The van der Waals surface area contributed by atoms with Gasteiger partial charge >= 0.3 is 6.61 Å². The molecule has 0 heterocycles. The number of nitrogens with one attached hydrogen (secondary N) is 1. The van der Waals surface area contributed by atoms with E-state index in [0.29, 0.717) is 26.2 Å². The predicted octanol–water partition coefficient (Wildman–Crippen LogP) is 2.76. The lowest BCUT2D eigenvalue weighted by atomic mass is 10.1. The van der Waals surface area contributed by atoms with Crippen LogP contribution < -0.4 is 14.8 Å². The summed E-state index contributed by atoms with van der Waals surface area (Å²) in [6.45, 7) is 0.183. The van der Waals surface area contributed by atoms with E-state index >= 15 is 0 Å². The molecule has 0 aliphatic rings. The van der Waals surface area contributed by atoms with Crippen LogP contribution in [0.1, 0.15) is 18.9 Å². The first kappa shape index (κ1) is 21.3. The zero-order chi connectivity index (χ0) is 19.5. The number of halogens is 2. The molecule has 8 nitrogen and oxygen atoms in total. The quantitative estimate of drug-likeness (QED) is 0.277. The molecule has 1 aromatic carbocycles. The summed E-state index contributed by atoms with van der Waals surface area (Å²) >= 11 is 0. The molecule has 1 N–H and O–H groups in total. The summed E-state index contributed by atoms with van der Waals surface area (Å²) in [5, 5.41) is 13.7. The van der Waals surface area contributed by atoms with Gasteiger partial charge in [-0.25, -0.2) is 0 Å². The minimum Gasteiger partial charge on any atom is -0.493 e. The molecule has 1 aromatic rings. The van der Waals surface area contributed by atoms with Crippen molar-refractivity contribution in [3.63, 3.8) is 0 Å². The zero-order valence-electron chi connectivity index (χ0n) is 14.4. The Kier molecular flexibility index (Phi) is 8.99. The van der Waals surface area contributed by atoms with Gasteiger partial charge in [-0.2, -0.15) is 8.78 Å². The summed E-state index contributed by atoms with van der Waals surface area (Å²) < 4.78 is 39.0. The Morgan fingerprint density at radius 2 is 2.12 bits per heavy atom. The van der Waals surface area contributed by atoms with E-state index in [0.717, 1.165) is 18.2 Å². The molecule has 0 aliphatic carbocycles. The van der Waals surface area contributed by atoms with Crippen LogP contribution in [0.4, 0.5) is 14.5 Å². The van der Waals surface area contributed by atoms with E-state index in [1.807, 2.05) is 6.92 Å². The maximum absolute atomic E-state index is 12.4. The Morgan fingerprint density at radius 3 is 2.69 bits per heavy atom. The molecule has 1 rings (SSSR count). The third kappa shape index (κ3) is 7.01. The highest BCUT2D eigenvalue weighted by Gasteiger charge is 2.20. The molecule has 0 bridgehead atoms. The standard InChI is InChI=1S/C16H20F2N2O6/c1-3-25-8-4-7-19-15(21)6-5-11-9-13(24-2)14(26-16(17)18)10-12(11)20(22)23/h5-6,9-10,16H,3-4,7-8H2,1-2H3,(H,19,21). The van der Waals surface area contributed by atoms with Crippen molar-refractivity contribution in [3.05, 3.63) is 33.9 Å². The van der Waals surface area contributed by atoms with Gasteiger partial charge in [-0.1, -0.05) is 0 Å². The van der Waals surface area contributed by atoms with Gasteiger partial charge in [0.1, 0.15) is 0 Å². The third-order valence-corrected chi connectivity index (χ3v) is 3.11. The first-order valence-electron chi connectivity index (χ1n) is 7.73. The highest BCUT2D eigenvalue weighted by atomic mass is 19.3. The summed E-state index contributed by atoms with van der Waals surface area (Å²) in [7, 11) is 1.21. The monoisotopic (exact) mass is 374 g/mol. The Hall–Kier alpha value is -2.75. The van der Waals surface area contributed by atoms with Crippen LogP contribution in [0.5, 0.6) is 11.5 Å². The average Bonchev–Trinajstić information content (AvgIpc) is 2.59. The van der Waals surface area contributed by atoms with Crippen molar-refractivity contribution in [1.82, 2.24) is 5.32 Å². The summed E-state index contributed by atoms with van der Waals surface area (Å²) in [5.41, 5.74) is -0.486. The molecule has 0 saturated heterocycles. The maximum atomic E-state index is 12.4. The molecule has 0 unspecified atom stereocenters. The van der Waals surface area contributed by atoms with Gasteiger partial charge in [0.15, 0.2) is 11.5 Å². The molecular weight excluding hydrogens is 354 g/mol.